The molecule has 0 heterocycles. The van der Waals surface area contributed by atoms with Crippen LogP contribution in [0.1, 0.15) is 45.5 Å². The molecule has 1 aliphatic carbocycles. The summed E-state index contributed by atoms with van der Waals surface area (Å²) in [5.74, 6) is -0.341. The van der Waals surface area contributed by atoms with Gasteiger partial charge in [0, 0.05) is 18.0 Å². The maximum Gasteiger partial charge on any atom is 0.407 e. The van der Waals surface area contributed by atoms with Gasteiger partial charge >= 0.3 is 12.1 Å². The fourth-order valence-electron chi connectivity index (χ4n) is 4.54. The van der Waals surface area contributed by atoms with Gasteiger partial charge in [-0.05, 0) is 40.8 Å². The van der Waals surface area contributed by atoms with E-state index in [-0.39, 0.29) is 36.8 Å². The van der Waals surface area contributed by atoms with Gasteiger partial charge in [-0.3, -0.25) is 0 Å². The molecule has 0 saturated heterocycles. The van der Waals surface area contributed by atoms with Crippen molar-refractivity contribution in [3.63, 3.8) is 0 Å². The second kappa shape index (κ2) is 11.2. The van der Waals surface area contributed by atoms with Crippen LogP contribution in [0, 0.1) is 0 Å². The molecule has 0 bridgehead atoms. The second-order valence-electron chi connectivity index (χ2n) is 8.50. The van der Waals surface area contributed by atoms with Crippen LogP contribution in [-0.4, -0.2) is 55.8 Å². The molecule has 0 aliphatic heterocycles. The topological polar surface area (TPSA) is 114 Å². The van der Waals surface area contributed by atoms with Crippen molar-refractivity contribution < 1.29 is 34.0 Å². The van der Waals surface area contributed by atoms with Crippen LogP contribution >= 0.6 is 0 Å². The number of hydrogen-bond donors (Lipinski definition) is 3. The molecule has 3 aromatic rings. The molecule has 188 valence electrons. The first-order chi connectivity index (χ1) is 17.4. The molecule has 2 unspecified atom stereocenters. The third kappa shape index (κ3) is 5.19. The van der Waals surface area contributed by atoms with Gasteiger partial charge in [0.25, 0.3) is 0 Å². The van der Waals surface area contributed by atoms with Crippen molar-refractivity contribution in [2.45, 2.75) is 24.5 Å². The highest BCUT2D eigenvalue weighted by Crippen LogP contribution is 2.44. The highest BCUT2D eigenvalue weighted by Gasteiger charge is 2.29. The maximum atomic E-state index is 12.3. The number of alkyl carbamates (subject to hydrolysis) is 1. The summed E-state index contributed by atoms with van der Waals surface area (Å²) in [6.45, 7) is 0.284. The molecule has 2 atom stereocenters. The molecule has 8 heteroatoms. The summed E-state index contributed by atoms with van der Waals surface area (Å²) in [5, 5.41) is 23.7. The zero-order valence-electron chi connectivity index (χ0n) is 20.1. The van der Waals surface area contributed by atoms with Gasteiger partial charge in [-0.2, -0.15) is 0 Å². The number of nitrogens with one attached hydrogen (secondary N) is 1. The van der Waals surface area contributed by atoms with E-state index in [1.165, 1.54) is 32.4 Å². The van der Waals surface area contributed by atoms with Crippen molar-refractivity contribution in [1.82, 2.24) is 5.32 Å². The van der Waals surface area contributed by atoms with E-state index in [1.54, 1.807) is 0 Å². The van der Waals surface area contributed by atoms with Gasteiger partial charge in [0.05, 0.1) is 25.9 Å². The van der Waals surface area contributed by atoms with Crippen LogP contribution in [-0.2, 0) is 9.47 Å². The molecule has 0 saturated carbocycles. The molecule has 3 N–H and O–H groups in total. The molecule has 1 amide bonds. The first-order valence-electron chi connectivity index (χ1n) is 11.7. The lowest BCUT2D eigenvalue weighted by Crippen LogP contribution is -2.30. The van der Waals surface area contributed by atoms with Crippen molar-refractivity contribution in [3.8, 4) is 16.9 Å². The van der Waals surface area contributed by atoms with E-state index >= 15 is 0 Å². The van der Waals surface area contributed by atoms with Gasteiger partial charge in [-0.25, -0.2) is 9.59 Å². The van der Waals surface area contributed by atoms with Gasteiger partial charge in [0.15, 0.2) is 0 Å². The molecule has 0 fully saturated rings. The van der Waals surface area contributed by atoms with E-state index in [0.717, 1.165) is 22.3 Å². The first kappa shape index (κ1) is 25.2. The van der Waals surface area contributed by atoms with Crippen LogP contribution in [0.4, 0.5) is 4.79 Å². The summed E-state index contributed by atoms with van der Waals surface area (Å²) >= 11 is 0. The number of fused-ring (bicyclic) bond motifs is 3. The van der Waals surface area contributed by atoms with Crippen LogP contribution in [0.25, 0.3) is 11.1 Å². The minimum Gasteiger partial charge on any atom is -0.496 e. The number of hydrogen-bond acceptors (Lipinski definition) is 7. The molecule has 0 spiro atoms. The maximum absolute atomic E-state index is 12.3. The molecule has 0 radical (unpaired) electrons. The van der Waals surface area contributed by atoms with Crippen LogP contribution < -0.4 is 10.1 Å². The highest BCUT2D eigenvalue weighted by molar-refractivity contribution is 5.90. The Hall–Kier alpha value is -3.88. The van der Waals surface area contributed by atoms with Crippen molar-refractivity contribution in [2.75, 3.05) is 27.4 Å². The fourth-order valence-corrected chi connectivity index (χ4v) is 4.54. The number of carbonyl (C=O) groups is 2. The molecular formula is C28H29NO7. The van der Waals surface area contributed by atoms with Crippen LogP contribution in [0.3, 0.4) is 0 Å². The zero-order chi connectivity index (χ0) is 25.7. The Morgan fingerprint density at radius 3 is 2.19 bits per heavy atom. The Balaban J connectivity index is 1.30. The van der Waals surface area contributed by atoms with Gasteiger partial charge in [0.2, 0.25) is 0 Å². The van der Waals surface area contributed by atoms with Crippen LogP contribution in [0.15, 0.2) is 66.7 Å². The van der Waals surface area contributed by atoms with E-state index in [9.17, 15) is 19.8 Å². The normalized spacial score (nSPS) is 13.8. The van der Waals surface area contributed by atoms with Crippen molar-refractivity contribution in [1.29, 1.82) is 0 Å². The molecule has 3 aromatic carbocycles. The SMILES string of the molecule is COC(=O)c1ccc(C(O)C(O)CCNC(=O)OCC2c3ccccc3-c3ccccc32)c(OC)c1. The Morgan fingerprint density at radius 1 is 0.944 bits per heavy atom. The summed E-state index contributed by atoms with van der Waals surface area (Å²) in [5.41, 5.74) is 5.12. The zero-order valence-corrected chi connectivity index (χ0v) is 20.1. The Labute approximate surface area is 209 Å². The first-order valence-corrected chi connectivity index (χ1v) is 11.7. The quantitative estimate of drug-likeness (QED) is 0.390. The lowest BCUT2D eigenvalue weighted by molar-refractivity contribution is 0.0123. The second-order valence-corrected chi connectivity index (χ2v) is 8.50. The van der Waals surface area contributed by atoms with E-state index in [4.69, 9.17) is 9.47 Å². The largest absolute Gasteiger partial charge is 0.496 e. The number of rotatable bonds is 9. The average molecular weight is 492 g/mol. The Morgan fingerprint density at radius 2 is 1.58 bits per heavy atom. The van der Waals surface area contributed by atoms with Gasteiger partial charge in [-0.15, -0.1) is 0 Å². The predicted octanol–water partition coefficient (Wildman–Crippen LogP) is 3.80. The minimum absolute atomic E-state index is 0.0454. The third-order valence-electron chi connectivity index (χ3n) is 6.39. The number of amides is 1. The van der Waals surface area contributed by atoms with Gasteiger partial charge in [-0.1, -0.05) is 54.6 Å². The highest BCUT2D eigenvalue weighted by atomic mass is 16.5. The molecule has 8 nitrogen and oxygen atoms in total. The lowest BCUT2D eigenvalue weighted by atomic mass is 9.98. The van der Waals surface area contributed by atoms with Crippen molar-refractivity contribution in [2.24, 2.45) is 0 Å². The number of methoxy groups -OCH3 is 2. The lowest BCUT2D eigenvalue weighted by Gasteiger charge is -2.21. The van der Waals surface area contributed by atoms with E-state index in [1.807, 2.05) is 36.4 Å². The Kier molecular flexibility index (Phi) is 7.87. The minimum atomic E-state index is -1.28. The number of benzene rings is 3. The number of aliphatic hydroxyl groups excluding tert-OH is 2. The van der Waals surface area contributed by atoms with Gasteiger partial charge in [0.1, 0.15) is 18.5 Å². The molecule has 0 aromatic heterocycles. The summed E-state index contributed by atoms with van der Waals surface area (Å²) in [7, 11) is 2.67. The van der Waals surface area contributed by atoms with Crippen LogP contribution in [0.5, 0.6) is 5.75 Å². The van der Waals surface area contributed by atoms with E-state index in [2.05, 4.69) is 22.2 Å². The fraction of sp³-hybridized carbons (Fsp3) is 0.286. The van der Waals surface area contributed by atoms with E-state index in [0.29, 0.717) is 5.56 Å². The van der Waals surface area contributed by atoms with Crippen molar-refractivity contribution in [3.05, 3.63) is 89.0 Å². The standard InChI is InChI=1S/C28H29NO7/c1-34-25-15-17(27(32)35-2)11-12-22(25)26(31)24(30)13-14-29-28(33)36-16-23-20-9-5-3-7-18(20)19-8-4-6-10-21(19)23/h3-12,15,23-24,26,30-31H,13-14,16H2,1-2H3,(H,29,33). The predicted molar refractivity (Wildman–Crippen MR) is 133 cm³/mol. The number of aliphatic hydroxyl groups is 2. The Bertz CT molecular complexity index is 1200. The third-order valence-corrected chi connectivity index (χ3v) is 6.39. The molecular weight excluding hydrogens is 462 g/mol. The van der Waals surface area contributed by atoms with Crippen molar-refractivity contribution >= 4 is 12.1 Å². The summed E-state index contributed by atoms with van der Waals surface area (Å²) < 4.78 is 15.4. The summed E-state index contributed by atoms with van der Waals surface area (Å²) in [6, 6.07) is 20.6. The monoisotopic (exact) mass is 491 g/mol. The molecule has 4 rings (SSSR count). The summed E-state index contributed by atoms with van der Waals surface area (Å²) in [4.78, 5) is 24.1. The average Bonchev–Trinajstić information content (AvgIpc) is 3.24. The smallest absolute Gasteiger partial charge is 0.407 e. The van der Waals surface area contributed by atoms with Gasteiger partial charge < -0.3 is 29.7 Å². The van der Waals surface area contributed by atoms with Crippen LogP contribution in [0.2, 0.25) is 0 Å². The number of ether oxygens (including phenoxy) is 3. The van der Waals surface area contributed by atoms with E-state index < -0.39 is 24.3 Å². The summed E-state index contributed by atoms with van der Waals surface area (Å²) in [6.07, 6.45) is -2.99. The number of carbonyl (C=O) groups excluding carboxylic acids is 2. The molecule has 1 aliphatic rings. The number of esters is 1. The molecule has 36 heavy (non-hydrogen) atoms.